The summed E-state index contributed by atoms with van der Waals surface area (Å²) in [5, 5.41) is 4.40. The van der Waals surface area contributed by atoms with Crippen molar-refractivity contribution in [3.63, 3.8) is 0 Å². The first kappa shape index (κ1) is 14.0. The molecule has 1 N–H and O–H groups in total. The van der Waals surface area contributed by atoms with E-state index in [1.54, 1.807) is 17.7 Å². The number of thiophene rings is 1. The van der Waals surface area contributed by atoms with Crippen LogP contribution in [0.4, 0.5) is 5.82 Å². The van der Waals surface area contributed by atoms with Crippen LogP contribution >= 0.6 is 11.3 Å². The molecular formula is C14H19N3OS. The molecule has 0 saturated heterocycles. The van der Waals surface area contributed by atoms with Crippen LogP contribution in [0.5, 0.6) is 0 Å². The fourth-order valence-corrected chi connectivity index (χ4v) is 2.64. The van der Waals surface area contributed by atoms with Gasteiger partial charge < -0.3 is 10.1 Å². The first-order valence-corrected chi connectivity index (χ1v) is 7.21. The zero-order chi connectivity index (χ0) is 13.7. The Kier molecular flexibility index (Phi) is 4.87. The Bertz CT molecular complexity index is 565. The van der Waals surface area contributed by atoms with Crippen molar-refractivity contribution in [3.8, 4) is 0 Å². The minimum atomic E-state index is 0.610. The van der Waals surface area contributed by atoms with E-state index in [-0.39, 0.29) is 0 Å². The quantitative estimate of drug-likeness (QED) is 0.623. The summed E-state index contributed by atoms with van der Waals surface area (Å²) in [6.45, 7) is 9.89. The summed E-state index contributed by atoms with van der Waals surface area (Å²) in [4.78, 5) is 11.0. The van der Waals surface area contributed by atoms with Crippen LogP contribution in [0.15, 0.2) is 24.5 Å². The van der Waals surface area contributed by atoms with Gasteiger partial charge in [-0.2, -0.15) is 0 Å². The smallest absolute Gasteiger partial charge is 0.138 e. The van der Waals surface area contributed by atoms with Gasteiger partial charge >= 0.3 is 0 Å². The monoisotopic (exact) mass is 277 g/mol. The lowest BCUT2D eigenvalue weighted by molar-refractivity contribution is 0.167. The highest BCUT2D eigenvalue weighted by Crippen LogP contribution is 2.28. The largest absolute Gasteiger partial charge is 0.375 e. The molecule has 19 heavy (non-hydrogen) atoms. The third-order valence-electron chi connectivity index (χ3n) is 2.62. The Morgan fingerprint density at radius 1 is 1.47 bits per heavy atom. The first-order valence-electron chi connectivity index (χ1n) is 6.40. The SMILES string of the molecule is C=C(C)COCCNc1ncnc2sc(CC)cc12. The van der Waals surface area contributed by atoms with Crippen molar-refractivity contribution in [3.05, 3.63) is 29.4 Å². The van der Waals surface area contributed by atoms with Crippen LogP contribution in [-0.4, -0.2) is 29.7 Å². The molecule has 102 valence electrons. The van der Waals surface area contributed by atoms with E-state index < -0.39 is 0 Å². The van der Waals surface area contributed by atoms with Crippen molar-refractivity contribution < 1.29 is 4.74 Å². The third kappa shape index (κ3) is 3.75. The lowest BCUT2D eigenvalue weighted by Gasteiger charge is -2.07. The van der Waals surface area contributed by atoms with Crippen molar-refractivity contribution in [2.75, 3.05) is 25.1 Å². The lowest BCUT2D eigenvalue weighted by Crippen LogP contribution is -2.11. The molecule has 0 unspecified atom stereocenters. The zero-order valence-electron chi connectivity index (χ0n) is 11.4. The number of hydrogen-bond acceptors (Lipinski definition) is 5. The molecule has 0 fully saturated rings. The van der Waals surface area contributed by atoms with E-state index >= 15 is 0 Å². The summed E-state index contributed by atoms with van der Waals surface area (Å²) < 4.78 is 5.45. The van der Waals surface area contributed by atoms with E-state index in [4.69, 9.17) is 4.74 Å². The van der Waals surface area contributed by atoms with Crippen LogP contribution in [0.2, 0.25) is 0 Å². The Hall–Kier alpha value is -1.46. The number of nitrogens with zero attached hydrogens (tertiary/aromatic N) is 2. The molecule has 0 aliphatic heterocycles. The van der Waals surface area contributed by atoms with E-state index in [1.165, 1.54) is 4.88 Å². The van der Waals surface area contributed by atoms with Gasteiger partial charge in [0.25, 0.3) is 0 Å². The van der Waals surface area contributed by atoms with Crippen molar-refractivity contribution >= 4 is 27.4 Å². The molecule has 0 atom stereocenters. The van der Waals surface area contributed by atoms with Gasteiger partial charge in [-0.25, -0.2) is 9.97 Å². The third-order valence-corrected chi connectivity index (χ3v) is 3.80. The Balaban J connectivity index is 1.96. The normalized spacial score (nSPS) is 10.8. The molecule has 0 aromatic carbocycles. The molecule has 2 rings (SSSR count). The van der Waals surface area contributed by atoms with Crippen molar-refractivity contribution in [2.24, 2.45) is 0 Å². The second-order valence-electron chi connectivity index (χ2n) is 4.44. The van der Waals surface area contributed by atoms with Gasteiger partial charge in [0.2, 0.25) is 0 Å². The Morgan fingerprint density at radius 2 is 2.32 bits per heavy atom. The summed E-state index contributed by atoms with van der Waals surface area (Å²) in [6, 6.07) is 2.16. The summed E-state index contributed by atoms with van der Waals surface area (Å²) in [7, 11) is 0. The summed E-state index contributed by atoms with van der Waals surface area (Å²) in [5.41, 5.74) is 1.04. The maximum atomic E-state index is 5.45. The molecule has 0 aliphatic rings. The Labute approximate surface area is 117 Å². The van der Waals surface area contributed by atoms with Crippen molar-refractivity contribution in [2.45, 2.75) is 20.3 Å². The number of anilines is 1. The summed E-state index contributed by atoms with van der Waals surface area (Å²) in [5.74, 6) is 0.889. The van der Waals surface area contributed by atoms with Crippen LogP contribution in [0.3, 0.4) is 0 Å². The van der Waals surface area contributed by atoms with Crippen LogP contribution in [0.1, 0.15) is 18.7 Å². The van der Waals surface area contributed by atoms with Crippen LogP contribution in [0.25, 0.3) is 10.2 Å². The molecule has 2 aromatic rings. The highest BCUT2D eigenvalue weighted by atomic mass is 32.1. The zero-order valence-corrected chi connectivity index (χ0v) is 12.2. The molecule has 0 aliphatic carbocycles. The van der Waals surface area contributed by atoms with Crippen molar-refractivity contribution in [1.82, 2.24) is 9.97 Å². The number of hydrogen-bond donors (Lipinski definition) is 1. The molecule has 0 radical (unpaired) electrons. The van der Waals surface area contributed by atoms with Gasteiger partial charge in [0.15, 0.2) is 0 Å². The summed E-state index contributed by atoms with van der Waals surface area (Å²) in [6.07, 6.45) is 2.64. The fraction of sp³-hybridized carbons (Fsp3) is 0.429. The fourth-order valence-electron chi connectivity index (χ4n) is 1.71. The number of nitrogens with one attached hydrogen (secondary N) is 1. The highest BCUT2D eigenvalue weighted by molar-refractivity contribution is 7.18. The topological polar surface area (TPSA) is 47.0 Å². The first-order chi connectivity index (χ1) is 9.20. The molecule has 4 nitrogen and oxygen atoms in total. The predicted octanol–water partition coefficient (Wildman–Crippen LogP) is 3.26. The van der Waals surface area contributed by atoms with Gasteiger partial charge in [0, 0.05) is 11.4 Å². The molecular weight excluding hydrogens is 258 g/mol. The second-order valence-corrected chi connectivity index (χ2v) is 5.56. The predicted molar refractivity (Wildman–Crippen MR) is 80.9 cm³/mol. The van der Waals surface area contributed by atoms with Crippen LogP contribution in [-0.2, 0) is 11.2 Å². The minimum absolute atomic E-state index is 0.610. The van der Waals surface area contributed by atoms with Gasteiger partial charge in [-0.1, -0.05) is 19.1 Å². The summed E-state index contributed by atoms with van der Waals surface area (Å²) >= 11 is 1.73. The lowest BCUT2D eigenvalue weighted by atomic mass is 10.3. The molecule has 2 aromatic heterocycles. The molecule has 0 bridgehead atoms. The molecule has 5 heteroatoms. The number of fused-ring (bicyclic) bond motifs is 1. The number of ether oxygens (including phenoxy) is 1. The average Bonchev–Trinajstić information content (AvgIpc) is 2.81. The van der Waals surface area contributed by atoms with E-state index in [0.29, 0.717) is 13.2 Å². The van der Waals surface area contributed by atoms with Gasteiger partial charge in [-0.05, 0) is 19.4 Å². The van der Waals surface area contributed by atoms with Crippen LogP contribution < -0.4 is 5.32 Å². The highest BCUT2D eigenvalue weighted by Gasteiger charge is 2.07. The van der Waals surface area contributed by atoms with E-state index in [1.807, 2.05) is 6.92 Å². The molecule has 0 saturated carbocycles. The maximum absolute atomic E-state index is 5.45. The standard InChI is InChI=1S/C14H19N3OS/c1-4-11-7-12-13(16-9-17-14(12)19-11)15-5-6-18-8-10(2)3/h7,9H,2,4-6,8H2,1,3H3,(H,15,16,17). The number of rotatable bonds is 7. The van der Waals surface area contributed by atoms with Gasteiger partial charge in [-0.3, -0.25) is 0 Å². The number of aryl methyl sites for hydroxylation is 1. The van der Waals surface area contributed by atoms with E-state index in [0.717, 1.165) is 34.6 Å². The van der Waals surface area contributed by atoms with Gasteiger partial charge in [0.1, 0.15) is 17.0 Å². The Morgan fingerprint density at radius 3 is 3.05 bits per heavy atom. The molecule has 0 spiro atoms. The van der Waals surface area contributed by atoms with Crippen LogP contribution in [0, 0.1) is 0 Å². The molecule has 0 amide bonds. The van der Waals surface area contributed by atoms with Crippen molar-refractivity contribution in [1.29, 1.82) is 0 Å². The number of aromatic nitrogens is 2. The van der Waals surface area contributed by atoms with Gasteiger partial charge in [0.05, 0.1) is 18.6 Å². The minimum Gasteiger partial charge on any atom is -0.375 e. The average molecular weight is 277 g/mol. The van der Waals surface area contributed by atoms with E-state index in [2.05, 4.69) is 34.9 Å². The maximum Gasteiger partial charge on any atom is 0.138 e. The van der Waals surface area contributed by atoms with E-state index in [9.17, 15) is 0 Å². The second kappa shape index (κ2) is 6.63. The van der Waals surface area contributed by atoms with Gasteiger partial charge in [-0.15, -0.1) is 11.3 Å². The molecule has 2 heterocycles.